The standard InChI is InChI=1S/C16H22ClN3O/c1-12-14(16(17)20(2)19-12)8-9-15(21)18-11-10-13-6-4-3-5-7-13/h6,8-9H,3-5,7,10-11H2,1-2H3,(H,18,21)/b9-8+. The maximum atomic E-state index is 11.8. The number of aryl methyl sites for hydroxylation is 2. The van der Waals surface area contributed by atoms with E-state index in [0.717, 1.165) is 17.7 Å². The number of hydrogen-bond donors (Lipinski definition) is 1. The van der Waals surface area contributed by atoms with Gasteiger partial charge in [-0.2, -0.15) is 5.10 Å². The van der Waals surface area contributed by atoms with Gasteiger partial charge in [-0.3, -0.25) is 9.48 Å². The van der Waals surface area contributed by atoms with Crippen molar-refractivity contribution in [1.29, 1.82) is 0 Å². The first kappa shape index (κ1) is 15.8. The van der Waals surface area contributed by atoms with Gasteiger partial charge in [-0.15, -0.1) is 0 Å². The Hall–Kier alpha value is -1.55. The van der Waals surface area contributed by atoms with Crippen molar-refractivity contribution in [3.8, 4) is 0 Å². The average molecular weight is 308 g/mol. The third-order valence-electron chi connectivity index (χ3n) is 3.73. The molecule has 1 amide bonds. The summed E-state index contributed by atoms with van der Waals surface area (Å²) in [6.45, 7) is 2.56. The molecule has 4 nitrogen and oxygen atoms in total. The van der Waals surface area contributed by atoms with Crippen molar-refractivity contribution in [1.82, 2.24) is 15.1 Å². The lowest BCUT2D eigenvalue weighted by Gasteiger charge is -2.12. The third-order valence-corrected chi connectivity index (χ3v) is 4.18. The van der Waals surface area contributed by atoms with Gasteiger partial charge in [0, 0.05) is 25.2 Å². The molecule has 1 N–H and O–H groups in total. The first-order chi connectivity index (χ1) is 10.1. The topological polar surface area (TPSA) is 46.9 Å². The normalized spacial score (nSPS) is 15.3. The first-order valence-electron chi connectivity index (χ1n) is 7.41. The Morgan fingerprint density at radius 3 is 2.95 bits per heavy atom. The summed E-state index contributed by atoms with van der Waals surface area (Å²) < 4.78 is 1.60. The Labute approximate surface area is 130 Å². The predicted octanol–water partition coefficient (Wildman–Crippen LogP) is 3.40. The Balaban J connectivity index is 1.81. The van der Waals surface area contributed by atoms with Gasteiger partial charge >= 0.3 is 0 Å². The summed E-state index contributed by atoms with van der Waals surface area (Å²) in [7, 11) is 1.78. The van der Waals surface area contributed by atoms with Gasteiger partial charge in [0.15, 0.2) is 0 Å². The number of carbonyl (C=O) groups excluding carboxylic acids is 1. The summed E-state index contributed by atoms with van der Waals surface area (Å²) in [5.74, 6) is -0.0919. The van der Waals surface area contributed by atoms with Crippen LogP contribution in [0.25, 0.3) is 6.08 Å². The zero-order valence-electron chi connectivity index (χ0n) is 12.7. The second-order valence-electron chi connectivity index (χ2n) is 5.40. The Bertz CT molecular complexity index is 572. The molecule has 0 spiro atoms. The summed E-state index contributed by atoms with van der Waals surface area (Å²) in [5, 5.41) is 7.66. The summed E-state index contributed by atoms with van der Waals surface area (Å²) in [4.78, 5) is 11.8. The number of carbonyl (C=O) groups is 1. The molecule has 0 saturated heterocycles. The van der Waals surface area contributed by atoms with Crippen LogP contribution in [-0.4, -0.2) is 22.2 Å². The SMILES string of the molecule is Cc1nn(C)c(Cl)c1/C=C/C(=O)NCCC1=CCCCC1. The highest BCUT2D eigenvalue weighted by molar-refractivity contribution is 6.31. The highest BCUT2D eigenvalue weighted by Crippen LogP contribution is 2.20. The van der Waals surface area contributed by atoms with Crippen LogP contribution < -0.4 is 5.32 Å². The van der Waals surface area contributed by atoms with Gasteiger partial charge in [0.05, 0.1) is 5.69 Å². The van der Waals surface area contributed by atoms with E-state index in [4.69, 9.17) is 11.6 Å². The van der Waals surface area contributed by atoms with Gasteiger partial charge in [-0.1, -0.05) is 23.3 Å². The molecule has 0 aromatic carbocycles. The van der Waals surface area contributed by atoms with Gasteiger partial charge in [-0.25, -0.2) is 0 Å². The number of nitrogens with zero attached hydrogens (tertiary/aromatic N) is 2. The van der Waals surface area contributed by atoms with Gasteiger partial charge in [0.25, 0.3) is 0 Å². The quantitative estimate of drug-likeness (QED) is 0.669. The molecule has 5 heteroatoms. The molecule has 114 valence electrons. The zero-order valence-corrected chi connectivity index (χ0v) is 13.4. The van der Waals surface area contributed by atoms with Crippen LogP contribution in [0.2, 0.25) is 5.15 Å². The number of halogens is 1. The van der Waals surface area contributed by atoms with Crippen LogP contribution >= 0.6 is 11.6 Å². The fourth-order valence-electron chi connectivity index (χ4n) is 2.53. The van der Waals surface area contributed by atoms with Crippen LogP contribution in [0, 0.1) is 6.92 Å². The van der Waals surface area contributed by atoms with Crippen LogP contribution in [0.4, 0.5) is 0 Å². The largest absolute Gasteiger partial charge is 0.352 e. The number of hydrogen-bond acceptors (Lipinski definition) is 2. The van der Waals surface area contributed by atoms with Crippen molar-refractivity contribution in [3.05, 3.63) is 34.1 Å². The average Bonchev–Trinajstić information content (AvgIpc) is 2.71. The summed E-state index contributed by atoms with van der Waals surface area (Å²) in [5.41, 5.74) is 3.08. The van der Waals surface area contributed by atoms with Gasteiger partial charge < -0.3 is 5.32 Å². The van der Waals surface area contributed by atoms with E-state index in [9.17, 15) is 4.79 Å². The van der Waals surface area contributed by atoms with E-state index >= 15 is 0 Å². The van der Waals surface area contributed by atoms with Crippen molar-refractivity contribution in [3.63, 3.8) is 0 Å². The fraction of sp³-hybridized carbons (Fsp3) is 0.500. The molecular weight excluding hydrogens is 286 g/mol. The molecule has 1 aromatic heterocycles. The van der Waals surface area contributed by atoms with E-state index in [1.165, 1.54) is 37.3 Å². The minimum atomic E-state index is -0.0919. The minimum absolute atomic E-state index is 0.0919. The van der Waals surface area contributed by atoms with Crippen molar-refractivity contribution in [2.75, 3.05) is 6.54 Å². The number of allylic oxidation sites excluding steroid dienone is 1. The van der Waals surface area contributed by atoms with Crippen molar-refractivity contribution >= 4 is 23.6 Å². The van der Waals surface area contributed by atoms with E-state index in [2.05, 4.69) is 16.5 Å². The molecule has 1 aromatic rings. The van der Waals surface area contributed by atoms with E-state index < -0.39 is 0 Å². The zero-order chi connectivity index (χ0) is 15.2. The smallest absolute Gasteiger partial charge is 0.244 e. The van der Waals surface area contributed by atoms with Crippen LogP contribution in [0.15, 0.2) is 17.7 Å². The molecule has 0 unspecified atom stereocenters. The molecule has 0 aliphatic heterocycles. The maximum absolute atomic E-state index is 11.8. The second kappa shape index (κ2) is 7.46. The van der Waals surface area contributed by atoms with Gasteiger partial charge in [0.1, 0.15) is 5.15 Å². The highest BCUT2D eigenvalue weighted by Gasteiger charge is 2.08. The molecule has 1 heterocycles. The van der Waals surface area contributed by atoms with Crippen LogP contribution in [0.3, 0.4) is 0 Å². The fourth-order valence-corrected chi connectivity index (χ4v) is 2.77. The molecule has 0 saturated carbocycles. The van der Waals surface area contributed by atoms with Gasteiger partial charge in [0.2, 0.25) is 5.91 Å². The second-order valence-corrected chi connectivity index (χ2v) is 5.75. The monoisotopic (exact) mass is 307 g/mol. The van der Waals surface area contributed by atoms with E-state index in [-0.39, 0.29) is 5.91 Å². The molecule has 0 atom stereocenters. The molecule has 1 aliphatic rings. The summed E-state index contributed by atoms with van der Waals surface area (Å²) >= 11 is 6.11. The van der Waals surface area contributed by atoms with E-state index in [1.807, 2.05) is 6.92 Å². The molecular formula is C16H22ClN3O. The number of amides is 1. The number of rotatable bonds is 5. The molecule has 1 aliphatic carbocycles. The maximum Gasteiger partial charge on any atom is 0.244 e. The number of nitrogens with one attached hydrogen (secondary N) is 1. The molecule has 2 rings (SSSR count). The van der Waals surface area contributed by atoms with Crippen molar-refractivity contribution in [2.24, 2.45) is 7.05 Å². The third kappa shape index (κ3) is 4.46. The minimum Gasteiger partial charge on any atom is -0.352 e. The lowest BCUT2D eigenvalue weighted by atomic mass is 9.97. The molecule has 0 fully saturated rings. The first-order valence-corrected chi connectivity index (χ1v) is 7.78. The molecule has 0 radical (unpaired) electrons. The van der Waals surface area contributed by atoms with Crippen LogP contribution in [0.1, 0.15) is 43.4 Å². The van der Waals surface area contributed by atoms with E-state index in [0.29, 0.717) is 11.7 Å². The van der Waals surface area contributed by atoms with Crippen LogP contribution in [0.5, 0.6) is 0 Å². The lowest BCUT2D eigenvalue weighted by molar-refractivity contribution is -0.116. The molecule has 21 heavy (non-hydrogen) atoms. The number of aromatic nitrogens is 2. The summed E-state index contributed by atoms with van der Waals surface area (Å²) in [6, 6.07) is 0. The predicted molar refractivity (Wildman–Crippen MR) is 86.2 cm³/mol. The lowest BCUT2D eigenvalue weighted by Crippen LogP contribution is -2.22. The highest BCUT2D eigenvalue weighted by atomic mass is 35.5. The van der Waals surface area contributed by atoms with E-state index in [1.54, 1.807) is 17.8 Å². The Morgan fingerprint density at radius 2 is 2.33 bits per heavy atom. The molecule has 0 bridgehead atoms. The van der Waals surface area contributed by atoms with Gasteiger partial charge in [-0.05, 0) is 45.1 Å². The van der Waals surface area contributed by atoms with Crippen LogP contribution in [-0.2, 0) is 11.8 Å². The van der Waals surface area contributed by atoms with Crippen molar-refractivity contribution < 1.29 is 4.79 Å². The summed E-state index contributed by atoms with van der Waals surface area (Å²) in [6.07, 6.45) is 11.4. The van der Waals surface area contributed by atoms with Crippen molar-refractivity contribution in [2.45, 2.75) is 39.0 Å². The Morgan fingerprint density at radius 1 is 1.52 bits per heavy atom. The Kier molecular flexibility index (Phi) is 5.62.